The third-order valence-corrected chi connectivity index (χ3v) is 4.70. The van der Waals surface area contributed by atoms with E-state index in [9.17, 15) is 0 Å². The lowest BCUT2D eigenvalue weighted by Gasteiger charge is -2.17. The average molecular weight is 358 g/mol. The van der Waals surface area contributed by atoms with E-state index in [0.29, 0.717) is 0 Å². The number of methoxy groups -OCH3 is 3. The van der Waals surface area contributed by atoms with Crippen LogP contribution in [0.5, 0.6) is 17.2 Å². The molecule has 0 radical (unpaired) electrons. The number of ether oxygens (including phenoxy) is 3. The molecule has 1 aliphatic heterocycles. The van der Waals surface area contributed by atoms with Gasteiger partial charge in [-0.1, -0.05) is 0 Å². The molecule has 0 fully saturated rings. The summed E-state index contributed by atoms with van der Waals surface area (Å²) in [5.41, 5.74) is 3.81. The zero-order valence-corrected chi connectivity index (χ0v) is 15.3. The average Bonchev–Trinajstić information content (AvgIpc) is 2.64. The highest BCUT2D eigenvalue weighted by molar-refractivity contribution is 5.87. The highest BCUT2D eigenvalue weighted by Gasteiger charge is 2.24. The quantitative estimate of drug-likeness (QED) is 0.635. The summed E-state index contributed by atoms with van der Waals surface area (Å²) in [4.78, 5) is 0. The Labute approximate surface area is 153 Å². The molecule has 3 aromatic rings. The number of fused-ring (bicyclic) bond motifs is 4. The Kier molecular flexibility index (Phi) is 4.73. The smallest absolute Gasteiger partial charge is 0.213 e. The molecule has 1 aliphatic rings. The molecule has 1 aromatic heterocycles. The molecule has 0 atom stereocenters. The number of nitrogens with zero attached hydrogens (tertiary/aromatic N) is 1. The molecule has 2 aromatic carbocycles. The first-order valence-corrected chi connectivity index (χ1v) is 8.00. The highest BCUT2D eigenvalue weighted by atomic mass is 35.5. The van der Waals surface area contributed by atoms with Crippen molar-refractivity contribution in [3.8, 4) is 28.5 Å². The van der Waals surface area contributed by atoms with Crippen LogP contribution in [0, 0.1) is 0 Å². The Morgan fingerprint density at radius 2 is 1.56 bits per heavy atom. The van der Waals surface area contributed by atoms with Crippen molar-refractivity contribution >= 4 is 10.8 Å². The number of hydrogen-bond donors (Lipinski definition) is 0. The van der Waals surface area contributed by atoms with Crippen molar-refractivity contribution in [2.45, 2.75) is 13.0 Å². The topological polar surface area (TPSA) is 31.6 Å². The van der Waals surface area contributed by atoms with E-state index in [1.807, 2.05) is 18.2 Å². The number of benzene rings is 2. The lowest BCUT2D eigenvalue weighted by molar-refractivity contribution is -0.686. The fourth-order valence-corrected chi connectivity index (χ4v) is 3.43. The van der Waals surface area contributed by atoms with Crippen LogP contribution < -0.4 is 31.2 Å². The summed E-state index contributed by atoms with van der Waals surface area (Å²) in [6.45, 7) is 0.958. The fourth-order valence-electron chi connectivity index (χ4n) is 3.43. The molecule has 0 bridgehead atoms. The molecule has 4 nitrogen and oxygen atoms in total. The van der Waals surface area contributed by atoms with Crippen LogP contribution in [-0.4, -0.2) is 21.3 Å². The minimum Gasteiger partial charge on any atom is -1.00 e. The SMILES string of the molecule is COc1ccc2c(c1)CC[n+]1cc3cc(OC)c(OC)cc3cc1-2.[Cl-]. The van der Waals surface area contributed by atoms with E-state index in [-0.39, 0.29) is 12.4 Å². The molecule has 0 saturated carbocycles. The number of aromatic nitrogens is 1. The zero-order chi connectivity index (χ0) is 16.7. The van der Waals surface area contributed by atoms with Crippen molar-refractivity contribution in [3.05, 3.63) is 48.2 Å². The number of pyridine rings is 1. The van der Waals surface area contributed by atoms with Crippen LogP contribution in [0.1, 0.15) is 5.56 Å². The first kappa shape index (κ1) is 17.4. The summed E-state index contributed by atoms with van der Waals surface area (Å²) in [6, 6.07) is 12.6. The summed E-state index contributed by atoms with van der Waals surface area (Å²) in [5, 5.41) is 2.29. The van der Waals surface area contributed by atoms with Gasteiger partial charge < -0.3 is 26.6 Å². The van der Waals surface area contributed by atoms with Crippen molar-refractivity contribution in [1.29, 1.82) is 0 Å². The van der Waals surface area contributed by atoms with Gasteiger partial charge in [-0.2, -0.15) is 4.57 Å². The van der Waals surface area contributed by atoms with Gasteiger partial charge in [0.25, 0.3) is 0 Å². The Bertz CT molecular complexity index is 940. The standard InChI is InChI=1S/C20H20NO3.ClH/c1-22-16-4-5-17-13(8-16)6-7-21-12-15-11-20(24-3)19(23-2)10-14(15)9-18(17)21;/h4-5,8-12H,6-7H2,1-3H3;1H/q+1;/p-1. The minimum atomic E-state index is 0. The zero-order valence-electron chi connectivity index (χ0n) is 14.5. The highest BCUT2D eigenvalue weighted by Crippen LogP contribution is 2.35. The maximum Gasteiger partial charge on any atom is 0.213 e. The van der Waals surface area contributed by atoms with Crippen molar-refractivity contribution in [3.63, 3.8) is 0 Å². The van der Waals surface area contributed by atoms with Crippen LogP contribution in [-0.2, 0) is 13.0 Å². The van der Waals surface area contributed by atoms with E-state index in [0.717, 1.165) is 41.0 Å². The minimum absolute atomic E-state index is 0. The van der Waals surface area contributed by atoms with Gasteiger partial charge in [0, 0.05) is 23.4 Å². The van der Waals surface area contributed by atoms with Crippen LogP contribution in [0.4, 0.5) is 0 Å². The van der Waals surface area contributed by atoms with E-state index >= 15 is 0 Å². The Balaban J connectivity index is 0.00000182. The number of rotatable bonds is 3. The summed E-state index contributed by atoms with van der Waals surface area (Å²) < 4.78 is 18.5. The maximum atomic E-state index is 5.44. The van der Waals surface area contributed by atoms with Crippen molar-refractivity contribution < 1.29 is 31.2 Å². The van der Waals surface area contributed by atoms with E-state index in [4.69, 9.17) is 14.2 Å². The third kappa shape index (κ3) is 2.87. The van der Waals surface area contributed by atoms with Crippen LogP contribution in [0.3, 0.4) is 0 Å². The second kappa shape index (κ2) is 6.81. The molecule has 25 heavy (non-hydrogen) atoms. The first-order chi connectivity index (χ1) is 11.7. The van der Waals surface area contributed by atoms with Gasteiger partial charge in [0.1, 0.15) is 5.75 Å². The van der Waals surface area contributed by atoms with Crippen molar-refractivity contribution in [1.82, 2.24) is 0 Å². The second-order valence-corrected chi connectivity index (χ2v) is 5.96. The Hall–Kier alpha value is -2.46. The van der Waals surface area contributed by atoms with Crippen LogP contribution >= 0.6 is 0 Å². The molecule has 5 heteroatoms. The van der Waals surface area contributed by atoms with E-state index < -0.39 is 0 Å². The van der Waals surface area contributed by atoms with Gasteiger partial charge in [0.2, 0.25) is 5.69 Å². The van der Waals surface area contributed by atoms with Gasteiger partial charge in [0.15, 0.2) is 24.2 Å². The molecule has 0 unspecified atom stereocenters. The molecule has 0 spiro atoms. The normalized spacial score (nSPS) is 12.0. The van der Waals surface area contributed by atoms with Gasteiger partial charge in [-0.3, -0.25) is 0 Å². The van der Waals surface area contributed by atoms with Gasteiger partial charge in [-0.15, -0.1) is 0 Å². The van der Waals surface area contributed by atoms with Gasteiger partial charge >= 0.3 is 0 Å². The molecular weight excluding hydrogens is 338 g/mol. The van der Waals surface area contributed by atoms with Crippen LogP contribution in [0.15, 0.2) is 42.6 Å². The molecule has 4 rings (SSSR count). The fraction of sp³-hybridized carbons (Fsp3) is 0.250. The number of aryl methyl sites for hydroxylation is 2. The largest absolute Gasteiger partial charge is 1.00 e. The van der Waals surface area contributed by atoms with Crippen molar-refractivity contribution in [2.24, 2.45) is 0 Å². The van der Waals surface area contributed by atoms with Crippen LogP contribution in [0.2, 0.25) is 0 Å². The summed E-state index contributed by atoms with van der Waals surface area (Å²) >= 11 is 0. The lowest BCUT2D eigenvalue weighted by Crippen LogP contribution is -3.00. The van der Waals surface area contributed by atoms with Crippen LogP contribution in [0.25, 0.3) is 22.0 Å². The molecule has 0 amide bonds. The van der Waals surface area contributed by atoms with E-state index in [1.165, 1.54) is 16.8 Å². The molecule has 0 N–H and O–H groups in total. The molecular formula is C20H20ClNO3. The Morgan fingerprint density at radius 3 is 2.24 bits per heavy atom. The monoisotopic (exact) mass is 357 g/mol. The predicted molar refractivity (Wildman–Crippen MR) is 92.9 cm³/mol. The molecule has 0 aliphatic carbocycles. The van der Waals surface area contributed by atoms with E-state index in [1.54, 1.807) is 21.3 Å². The first-order valence-electron chi connectivity index (χ1n) is 8.00. The maximum absolute atomic E-state index is 5.44. The van der Waals surface area contributed by atoms with E-state index in [2.05, 4.69) is 29.0 Å². The summed E-state index contributed by atoms with van der Waals surface area (Å²) in [7, 11) is 5.04. The van der Waals surface area contributed by atoms with Gasteiger partial charge in [-0.05, 0) is 41.3 Å². The molecule has 130 valence electrons. The lowest BCUT2D eigenvalue weighted by atomic mass is 9.95. The summed E-state index contributed by atoms with van der Waals surface area (Å²) in [6.07, 6.45) is 3.20. The predicted octanol–water partition coefficient (Wildman–Crippen LogP) is 0.380. The van der Waals surface area contributed by atoms with Crippen molar-refractivity contribution in [2.75, 3.05) is 21.3 Å². The number of hydrogen-bond acceptors (Lipinski definition) is 3. The molecule has 0 saturated heterocycles. The molecule has 2 heterocycles. The number of halogens is 1. The van der Waals surface area contributed by atoms with Gasteiger partial charge in [-0.25, -0.2) is 0 Å². The summed E-state index contributed by atoms with van der Waals surface area (Å²) in [5.74, 6) is 2.42. The second-order valence-electron chi connectivity index (χ2n) is 5.96. The van der Waals surface area contributed by atoms with Gasteiger partial charge in [0.05, 0.1) is 21.3 Å². The third-order valence-electron chi connectivity index (χ3n) is 4.70. The Morgan fingerprint density at radius 1 is 0.840 bits per heavy atom.